The van der Waals surface area contributed by atoms with Gasteiger partial charge < -0.3 is 19.7 Å². The van der Waals surface area contributed by atoms with Crippen molar-refractivity contribution in [2.45, 2.75) is 13.5 Å². The number of aromatic nitrogens is 4. The summed E-state index contributed by atoms with van der Waals surface area (Å²) in [6, 6.07) is 7.99. The second kappa shape index (κ2) is 8.32. The molecule has 0 amide bonds. The van der Waals surface area contributed by atoms with E-state index in [-0.39, 0.29) is 23.8 Å². The number of anilines is 2. The molecule has 2 aromatic carbocycles. The molecule has 0 saturated heterocycles. The summed E-state index contributed by atoms with van der Waals surface area (Å²) < 4.78 is 21.9. The lowest BCUT2D eigenvalue weighted by Gasteiger charge is -2.12. The summed E-state index contributed by atoms with van der Waals surface area (Å²) in [5.74, 6) is 1.41. The first-order chi connectivity index (χ1) is 13.5. The SMILES string of the molecule is Cc1cc(F)c(Nc2ncnc3cc(OCc4nccn4C)ccc23)cc1O.Cl. The third-order valence-electron chi connectivity index (χ3n) is 4.44. The van der Waals surface area contributed by atoms with E-state index in [1.54, 1.807) is 31.3 Å². The van der Waals surface area contributed by atoms with Gasteiger partial charge >= 0.3 is 0 Å². The summed E-state index contributed by atoms with van der Waals surface area (Å²) in [6.45, 7) is 1.97. The van der Waals surface area contributed by atoms with Crippen LogP contribution in [0.3, 0.4) is 0 Å². The molecule has 2 aromatic heterocycles. The van der Waals surface area contributed by atoms with Crippen molar-refractivity contribution in [3.63, 3.8) is 0 Å². The van der Waals surface area contributed by atoms with Crippen LogP contribution in [-0.2, 0) is 13.7 Å². The fourth-order valence-corrected chi connectivity index (χ4v) is 2.79. The molecule has 0 atom stereocenters. The van der Waals surface area contributed by atoms with E-state index in [2.05, 4.69) is 20.3 Å². The second-order valence-electron chi connectivity index (χ2n) is 6.39. The normalized spacial score (nSPS) is 10.6. The number of hydrogen-bond donors (Lipinski definition) is 2. The molecule has 0 bridgehead atoms. The minimum Gasteiger partial charge on any atom is -0.508 e. The Balaban J connectivity index is 0.00000240. The summed E-state index contributed by atoms with van der Waals surface area (Å²) in [7, 11) is 1.90. The average Bonchev–Trinajstić information content (AvgIpc) is 3.09. The molecular formula is C20H19ClFN5O2. The first-order valence-corrected chi connectivity index (χ1v) is 8.61. The van der Waals surface area contributed by atoms with Crippen LogP contribution in [0.5, 0.6) is 11.5 Å². The topological polar surface area (TPSA) is 85.1 Å². The molecule has 0 saturated carbocycles. The van der Waals surface area contributed by atoms with Gasteiger partial charge in [-0.3, -0.25) is 0 Å². The number of nitrogens with zero attached hydrogens (tertiary/aromatic N) is 4. The van der Waals surface area contributed by atoms with Gasteiger partial charge in [-0.1, -0.05) is 0 Å². The number of benzene rings is 2. The van der Waals surface area contributed by atoms with E-state index >= 15 is 0 Å². The van der Waals surface area contributed by atoms with Crippen molar-refractivity contribution in [2.75, 3.05) is 5.32 Å². The number of halogens is 2. The molecule has 0 aliphatic heterocycles. The van der Waals surface area contributed by atoms with Gasteiger partial charge in [0.05, 0.1) is 11.2 Å². The summed E-state index contributed by atoms with van der Waals surface area (Å²) in [4.78, 5) is 12.7. The highest BCUT2D eigenvalue weighted by molar-refractivity contribution is 5.91. The van der Waals surface area contributed by atoms with Gasteiger partial charge in [-0.15, -0.1) is 12.4 Å². The number of hydrogen-bond acceptors (Lipinski definition) is 6. The number of nitrogens with one attached hydrogen (secondary N) is 1. The summed E-state index contributed by atoms with van der Waals surface area (Å²) in [5, 5.41) is 13.5. The molecule has 0 fully saturated rings. The maximum Gasteiger partial charge on any atom is 0.147 e. The van der Waals surface area contributed by atoms with E-state index < -0.39 is 5.82 Å². The average molecular weight is 416 g/mol. The van der Waals surface area contributed by atoms with Gasteiger partial charge in [0.1, 0.15) is 41.9 Å². The first-order valence-electron chi connectivity index (χ1n) is 8.61. The van der Waals surface area contributed by atoms with Crippen LogP contribution in [0.25, 0.3) is 10.9 Å². The third-order valence-corrected chi connectivity index (χ3v) is 4.44. The van der Waals surface area contributed by atoms with Crippen LogP contribution in [0, 0.1) is 12.7 Å². The molecule has 4 rings (SSSR count). The van der Waals surface area contributed by atoms with Crippen LogP contribution in [0.2, 0.25) is 0 Å². The number of phenols is 1. The van der Waals surface area contributed by atoms with E-state index in [1.807, 2.05) is 17.8 Å². The highest BCUT2D eigenvalue weighted by Crippen LogP contribution is 2.30. The molecule has 0 radical (unpaired) electrons. The van der Waals surface area contributed by atoms with Crippen LogP contribution in [0.1, 0.15) is 11.4 Å². The molecule has 0 spiro atoms. The Hall–Kier alpha value is -3.39. The Kier molecular flexibility index (Phi) is 5.84. The lowest BCUT2D eigenvalue weighted by molar-refractivity contribution is 0.292. The van der Waals surface area contributed by atoms with Crippen LogP contribution in [0.4, 0.5) is 15.9 Å². The van der Waals surface area contributed by atoms with E-state index in [0.717, 1.165) is 5.82 Å². The van der Waals surface area contributed by atoms with Crippen molar-refractivity contribution in [2.24, 2.45) is 7.05 Å². The summed E-state index contributed by atoms with van der Waals surface area (Å²) >= 11 is 0. The van der Waals surface area contributed by atoms with Gasteiger partial charge in [0.15, 0.2) is 0 Å². The summed E-state index contributed by atoms with van der Waals surface area (Å²) in [6.07, 6.45) is 4.96. The fraction of sp³-hybridized carbons (Fsp3) is 0.150. The first kappa shape index (κ1) is 20.3. The lowest BCUT2D eigenvalue weighted by atomic mass is 10.2. The fourth-order valence-electron chi connectivity index (χ4n) is 2.79. The minimum atomic E-state index is -0.475. The van der Waals surface area contributed by atoms with Crippen LogP contribution < -0.4 is 10.1 Å². The van der Waals surface area contributed by atoms with Crippen LogP contribution in [-0.4, -0.2) is 24.6 Å². The van der Waals surface area contributed by atoms with Crippen LogP contribution >= 0.6 is 12.4 Å². The quantitative estimate of drug-likeness (QED) is 0.506. The molecule has 2 heterocycles. The largest absolute Gasteiger partial charge is 0.508 e. The standard InChI is InChI=1S/C20H18FN5O2.ClH/c1-12-7-15(21)17(9-18(12)27)25-20-14-4-3-13(8-16(14)23-11-24-20)28-10-19-22-5-6-26(19)2;/h3-9,11,27H,10H2,1-2H3,(H,23,24,25);1H. The Morgan fingerprint density at radius 3 is 2.76 bits per heavy atom. The number of ether oxygens (including phenoxy) is 1. The molecule has 9 heteroatoms. The Labute approximate surface area is 172 Å². The number of aryl methyl sites for hydroxylation is 2. The predicted molar refractivity (Wildman–Crippen MR) is 110 cm³/mol. The lowest BCUT2D eigenvalue weighted by Crippen LogP contribution is -2.03. The highest BCUT2D eigenvalue weighted by atomic mass is 35.5. The zero-order valence-electron chi connectivity index (χ0n) is 15.8. The predicted octanol–water partition coefficient (Wildman–Crippen LogP) is 4.26. The van der Waals surface area contributed by atoms with Gasteiger partial charge in [0.25, 0.3) is 0 Å². The Bertz CT molecular complexity index is 1170. The maximum absolute atomic E-state index is 14.2. The molecular weight excluding hydrogens is 397 g/mol. The zero-order valence-corrected chi connectivity index (χ0v) is 16.6. The highest BCUT2D eigenvalue weighted by Gasteiger charge is 2.11. The monoisotopic (exact) mass is 415 g/mol. The van der Waals surface area contributed by atoms with Crippen molar-refractivity contribution in [1.29, 1.82) is 0 Å². The molecule has 7 nitrogen and oxygen atoms in total. The van der Waals surface area contributed by atoms with Crippen molar-refractivity contribution < 1.29 is 14.2 Å². The molecule has 29 heavy (non-hydrogen) atoms. The second-order valence-corrected chi connectivity index (χ2v) is 6.39. The zero-order chi connectivity index (χ0) is 19.7. The third kappa shape index (κ3) is 4.22. The smallest absolute Gasteiger partial charge is 0.147 e. The summed E-state index contributed by atoms with van der Waals surface area (Å²) in [5.41, 5.74) is 1.25. The van der Waals surface area contributed by atoms with Crippen molar-refractivity contribution in [3.8, 4) is 11.5 Å². The van der Waals surface area contributed by atoms with E-state index in [4.69, 9.17) is 4.74 Å². The minimum absolute atomic E-state index is 0. The van der Waals surface area contributed by atoms with Crippen molar-refractivity contribution in [3.05, 3.63) is 66.3 Å². The van der Waals surface area contributed by atoms with Crippen LogP contribution in [0.15, 0.2) is 49.1 Å². The van der Waals surface area contributed by atoms with Gasteiger partial charge in [0.2, 0.25) is 0 Å². The Morgan fingerprint density at radius 2 is 2.00 bits per heavy atom. The molecule has 150 valence electrons. The van der Waals surface area contributed by atoms with E-state index in [1.165, 1.54) is 18.5 Å². The molecule has 0 aliphatic rings. The number of aromatic hydroxyl groups is 1. The van der Waals surface area contributed by atoms with Gasteiger partial charge in [0, 0.05) is 37.0 Å². The number of rotatable bonds is 5. The van der Waals surface area contributed by atoms with E-state index in [9.17, 15) is 9.50 Å². The van der Waals surface area contributed by atoms with Crippen molar-refractivity contribution in [1.82, 2.24) is 19.5 Å². The van der Waals surface area contributed by atoms with E-state index in [0.29, 0.717) is 34.6 Å². The molecule has 4 aromatic rings. The number of imidazole rings is 1. The van der Waals surface area contributed by atoms with Crippen molar-refractivity contribution >= 4 is 34.8 Å². The maximum atomic E-state index is 14.2. The van der Waals surface area contributed by atoms with Gasteiger partial charge in [-0.2, -0.15) is 0 Å². The number of fused-ring (bicyclic) bond motifs is 1. The molecule has 2 N–H and O–H groups in total. The molecule has 0 unspecified atom stereocenters. The number of phenolic OH excluding ortho intramolecular Hbond substituents is 1. The molecule has 0 aliphatic carbocycles. The van der Waals surface area contributed by atoms with Gasteiger partial charge in [-0.25, -0.2) is 19.3 Å². The Morgan fingerprint density at radius 1 is 1.17 bits per heavy atom. The van der Waals surface area contributed by atoms with Gasteiger partial charge in [-0.05, 0) is 30.7 Å².